The van der Waals surface area contributed by atoms with Gasteiger partial charge in [-0.3, -0.25) is 0 Å². The second kappa shape index (κ2) is 6.31. The molecule has 0 aliphatic carbocycles. The van der Waals surface area contributed by atoms with Crippen LogP contribution in [-0.2, 0) is 6.42 Å². The van der Waals surface area contributed by atoms with Crippen LogP contribution >= 0.6 is 0 Å². The number of nitrogens with zero attached hydrogens (tertiary/aromatic N) is 1. The Kier molecular flexibility index (Phi) is 4.26. The minimum Gasteiger partial charge on any atom is -0.388 e. The van der Waals surface area contributed by atoms with Gasteiger partial charge in [0.1, 0.15) is 0 Å². The van der Waals surface area contributed by atoms with Crippen LogP contribution in [0.3, 0.4) is 0 Å². The Labute approximate surface area is 127 Å². The standard InChI is InChI=1S/C19H23NO/c1-2-19(21)16-10-12-17(13-11-16)20-14-6-5-8-15-7-3-4-9-18(15)20/h3-4,7,9-13,19,21H,2,5-6,8,14H2,1H3. The Morgan fingerprint density at radius 1 is 1.05 bits per heavy atom. The number of rotatable bonds is 3. The number of para-hydroxylation sites is 1. The highest BCUT2D eigenvalue weighted by Crippen LogP contribution is 2.33. The van der Waals surface area contributed by atoms with E-state index >= 15 is 0 Å². The van der Waals surface area contributed by atoms with Gasteiger partial charge in [0.15, 0.2) is 0 Å². The number of anilines is 2. The van der Waals surface area contributed by atoms with Gasteiger partial charge in [0.05, 0.1) is 6.10 Å². The van der Waals surface area contributed by atoms with Crippen molar-refractivity contribution in [2.24, 2.45) is 0 Å². The summed E-state index contributed by atoms with van der Waals surface area (Å²) in [5.74, 6) is 0. The lowest BCUT2D eigenvalue weighted by atomic mass is 10.1. The third-order valence-corrected chi connectivity index (χ3v) is 4.34. The highest BCUT2D eigenvalue weighted by molar-refractivity contribution is 5.67. The first-order valence-electron chi connectivity index (χ1n) is 7.93. The third kappa shape index (κ3) is 2.96. The van der Waals surface area contributed by atoms with Gasteiger partial charge in [0, 0.05) is 17.9 Å². The first kappa shape index (κ1) is 14.2. The number of benzene rings is 2. The molecule has 1 N–H and O–H groups in total. The molecule has 2 nitrogen and oxygen atoms in total. The molecule has 0 saturated heterocycles. The molecule has 1 atom stereocenters. The minimum atomic E-state index is -0.351. The molecule has 2 aromatic rings. The van der Waals surface area contributed by atoms with E-state index in [0.29, 0.717) is 0 Å². The van der Waals surface area contributed by atoms with E-state index in [1.165, 1.54) is 36.2 Å². The van der Waals surface area contributed by atoms with Crippen molar-refractivity contribution >= 4 is 11.4 Å². The molecule has 2 aromatic carbocycles. The SMILES string of the molecule is CCC(O)c1ccc(N2CCCCc3ccccc32)cc1. The van der Waals surface area contributed by atoms with E-state index in [4.69, 9.17) is 0 Å². The van der Waals surface area contributed by atoms with Crippen molar-refractivity contribution in [1.82, 2.24) is 0 Å². The Hall–Kier alpha value is -1.80. The van der Waals surface area contributed by atoms with Gasteiger partial charge in [-0.15, -0.1) is 0 Å². The van der Waals surface area contributed by atoms with Gasteiger partial charge in [-0.05, 0) is 55.0 Å². The summed E-state index contributed by atoms with van der Waals surface area (Å²) in [5.41, 5.74) is 4.99. The predicted molar refractivity (Wildman–Crippen MR) is 88.1 cm³/mol. The van der Waals surface area contributed by atoms with Crippen LogP contribution in [0.2, 0.25) is 0 Å². The van der Waals surface area contributed by atoms with E-state index < -0.39 is 0 Å². The van der Waals surface area contributed by atoms with Crippen LogP contribution < -0.4 is 4.90 Å². The second-order valence-electron chi connectivity index (χ2n) is 5.75. The molecule has 2 heteroatoms. The maximum Gasteiger partial charge on any atom is 0.0787 e. The molecule has 1 aliphatic heterocycles. The van der Waals surface area contributed by atoms with Crippen molar-refractivity contribution in [3.8, 4) is 0 Å². The maximum absolute atomic E-state index is 9.92. The Morgan fingerprint density at radius 2 is 1.81 bits per heavy atom. The predicted octanol–water partition coefficient (Wildman–Crippen LogP) is 4.60. The van der Waals surface area contributed by atoms with Crippen LogP contribution in [0.4, 0.5) is 11.4 Å². The van der Waals surface area contributed by atoms with E-state index in [1.54, 1.807) is 0 Å². The lowest BCUT2D eigenvalue weighted by Gasteiger charge is -2.25. The summed E-state index contributed by atoms with van der Waals surface area (Å²) in [6, 6.07) is 17.1. The zero-order valence-electron chi connectivity index (χ0n) is 12.6. The molecular formula is C19H23NO. The monoisotopic (exact) mass is 281 g/mol. The molecule has 110 valence electrons. The smallest absolute Gasteiger partial charge is 0.0787 e. The lowest BCUT2D eigenvalue weighted by molar-refractivity contribution is 0.173. The van der Waals surface area contributed by atoms with Crippen LogP contribution in [0, 0.1) is 0 Å². The fraction of sp³-hybridized carbons (Fsp3) is 0.368. The van der Waals surface area contributed by atoms with E-state index in [1.807, 2.05) is 6.92 Å². The molecule has 1 heterocycles. The maximum atomic E-state index is 9.92. The molecule has 1 unspecified atom stereocenters. The molecule has 21 heavy (non-hydrogen) atoms. The largest absolute Gasteiger partial charge is 0.388 e. The van der Waals surface area contributed by atoms with Crippen molar-refractivity contribution < 1.29 is 5.11 Å². The van der Waals surface area contributed by atoms with Crippen LogP contribution in [0.5, 0.6) is 0 Å². The first-order chi connectivity index (χ1) is 10.3. The van der Waals surface area contributed by atoms with Gasteiger partial charge in [-0.1, -0.05) is 37.3 Å². The molecular weight excluding hydrogens is 258 g/mol. The summed E-state index contributed by atoms with van der Waals surface area (Å²) in [6.07, 6.45) is 4.04. The number of fused-ring (bicyclic) bond motifs is 1. The lowest BCUT2D eigenvalue weighted by Crippen LogP contribution is -2.17. The first-order valence-corrected chi connectivity index (χ1v) is 7.93. The quantitative estimate of drug-likeness (QED) is 0.888. The fourth-order valence-electron chi connectivity index (χ4n) is 3.07. The number of aliphatic hydroxyl groups is 1. The summed E-state index contributed by atoms with van der Waals surface area (Å²) in [4.78, 5) is 2.41. The van der Waals surface area contributed by atoms with Gasteiger partial charge < -0.3 is 10.0 Å². The third-order valence-electron chi connectivity index (χ3n) is 4.34. The van der Waals surface area contributed by atoms with Crippen molar-refractivity contribution in [2.45, 2.75) is 38.7 Å². The van der Waals surface area contributed by atoms with Crippen molar-refractivity contribution in [3.63, 3.8) is 0 Å². The van der Waals surface area contributed by atoms with Gasteiger partial charge >= 0.3 is 0 Å². The molecule has 0 bridgehead atoms. The van der Waals surface area contributed by atoms with Gasteiger partial charge in [-0.25, -0.2) is 0 Å². The summed E-state index contributed by atoms with van der Waals surface area (Å²) < 4.78 is 0. The summed E-state index contributed by atoms with van der Waals surface area (Å²) >= 11 is 0. The van der Waals surface area contributed by atoms with Crippen LogP contribution in [0.15, 0.2) is 48.5 Å². The van der Waals surface area contributed by atoms with Gasteiger partial charge in [0.25, 0.3) is 0 Å². The molecule has 0 amide bonds. The molecule has 0 saturated carbocycles. The number of hydrogen-bond acceptors (Lipinski definition) is 2. The van der Waals surface area contributed by atoms with E-state index in [0.717, 1.165) is 18.5 Å². The molecule has 1 aliphatic rings. The molecule has 0 radical (unpaired) electrons. The second-order valence-corrected chi connectivity index (χ2v) is 5.75. The number of hydrogen-bond donors (Lipinski definition) is 1. The normalized spacial score (nSPS) is 16.2. The number of aliphatic hydroxyl groups excluding tert-OH is 1. The minimum absolute atomic E-state index is 0.351. The molecule has 0 fully saturated rings. The average Bonchev–Trinajstić information content (AvgIpc) is 2.77. The topological polar surface area (TPSA) is 23.5 Å². The summed E-state index contributed by atoms with van der Waals surface area (Å²) in [5, 5.41) is 9.92. The van der Waals surface area contributed by atoms with Gasteiger partial charge in [-0.2, -0.15) is 0 Å². The van der Waals surface area contributed by atoms with Crippen molar-refractivity contribution in [1.29, 1.82) is 0 Å². The Morgan fingerprint density at radius 3 is 2.57 bits per heavy atom. The van der Waals surface area contributed by atoms with Crippen LogP contribution in [0.25, 0.3) is 0 Å². The molecule has 0 aromatic heterocycles. The Bertz CT molecular complexity index is 591. The van der Waals surface area contributed by atoms with Gasteiger partial charge in [0.2, 0.25) is 0 Å². The van der Waals surface area contributed by atoms with Crippen LogP contribution in [-0.4, -0.2) is 11.7 Å². The van der Waals surface area contributed by atoms with E-state index in [-0.39, 0.29) is 6.10 Å². The Balaban J connectivity index is 1.93. The number of aryl methyl sites for hydroxylation is 1. The van der Waals surface area contributed by atoms with E-state index in [9.17, 15) is 5.11 Å². The van der Waals surface area contributed by atoms with Crippen molar-refractivity contribution in [3.05, 3.63) is 59.7 Å². The highest BCUT2D eigenvalue weighted by atomic mass is 16.3. The zero-order valence-corrected chi connectivity index (χ0v) is 12.6. The molecule has 0 spiro atoms. The highest BCUT2D eigenvalue weighted by Gasteiger charge is 2.16. The fourth-order valence-corrected chi connectivity index (χ4v) is 3.07. The summed E-state index contributed by atoms with van der Waals surface area (Å²) in [6.45, 7) is 3.07. The zero-order chi connectivity index (χ0) is 14.7. The van der Waals surface area contributed by atoms with Crippen LogP contribution in [0.1, 0.15) is 43.4 Å². The van der Waals surface area contributed by atoms with E-state index in [2.05, 4.69) is 53.4 Å². The van der Waals surface area contributed by atoms with Crippen molar-refractivity contribution in [2.75, 3.05) is 11.4 Å². The summed E-state index contributed by atoms with van der Waals surface area (Å²) in [7, 11) is 0. The average molecular weight is 281 g/mol. The molecule has 3 rings (SSSR count).